The van der Waals surface area contributed by atoms with Gasteiger partial charge in [0.1, 0.15) is 0 Å². The van der Waals surface area contributed by atoms with Crippen LogP contribution >= 0.6 is 15.9 Å². The number of unbranched alkanes of at least 4 members (excludes halogenated alkanes) is 10. The SMILES string of the molecule is CCCCCCCCC=C(Br)CCCCCCCC(=O)[O-].[Ag+]. The van der Waals surface area contributed by atoms with Gasteiger partial charge in [0, 0.05) is 5.97 Å². The smallest absolute Gasteiger partial charge is 0.550 e. The van der Waals surface area contributed by atoms with E-state index in [1.807, 2.05) is 0 Å². The van der Waals surface area contributed by atoms with Crippen molar-refractivity contribution in [2.45, 2.75) is 96.8 Å². The van der Waals surface area contributed by atoms with Crippen LogP contribution in [0.15, 0.2) is 10.6 Å². The van der Waals surface area contributed by atoms with E-state index in [0.29, 0.717) is 0 Å². The van der Waals surface area contributed by atoms with Crippen LogP contribution in [0.1, 0.15) is 96.8 Å². The number of carboxylic acid groups (broad SMARTS) is 1. The summed E-state index contributed by atoms with van der Waals surface area (Å²) in [6, 6.07) is 0. The fourth-order valence-electron chi connectivity index (χ4n) is 2.38. The second-order valence-corrected chi connectivity index (χ2v) is 6.87. The Kier molecular flexibility index (Phi) is 21.8. The van der Waals surface area contributed by atoms with Gasteiger partial charge in [-0.25, -0.2) is 0 Å². The van der Waals surface area contributed by atoms with E-state index in [1.54, 1.807) is 0 Å². The summed E-state index contributed by atoms with van der Waals surface area (Å²) in [7, 11) is 0. The van der Waals surface area contributed by atoms with Gasteiger partial charge in [-0.05, 0) is 43.0 Å². The Balaban J connectivity index is 0. The molecule has 0 fully saturated rings. The average Bonchev–Trinajstić information content (AvgIpc) is 2.45. The van der Waals surface area contributed by atoms with Crippen molar-refractivity contribution in [3.05, 3.63) is 10.6 Å². The third-order valence-corrected chi connectivity index (χ3v) is 4.44. The third-order valence-electron chi connectivity index (χ3n) is 3.72. The molecule has 0 saturated heterocycles. The first-order valence-corrected chi connectivity index (χ1v) is 9.50. The molecule has 0 atom stereocenters. The van der Waals surface area contributed by atoms with Crippen molar-refractivity contribution in [2.24, 2.45) is 0 Å². The summed E-state index contributed by atoms with van der Waals surface area (Å²) in [5.74, 6) is -0.921. The van der Waals surface area contributed by atoms with Crippen molar-refractivity contribution < 1.29 is 32.3 Å². The normalized spacial score (nSPS) is 11.3. The molecule has 0 N–H and O–H groups in total. The molecular weight excluding hydrogens is 436 g/mol. The van der Waals surface area contributed by atoms with Gasteiger partial charge in [-0.2, -0.15) is 0 Å². The molecule has 0 aromatic heterocycles. The summed E-state index contributed by atoms with van der Waals surface area (Å²) >= 11 is 3.65. The van der Waals surface area contributed by atoms with Crippen LogP contribution in [0, 0.1) is 0 Å². The summed E-state index contributed by atoms with van der Waals surface area (Å²) in [6.45, 7) is 2.25. The van der Waals surface area contributed by atoms with E-state index < -0.39 is 5.97 Å². The summed E-state index contributed by atoms with van der Waals surface area (Å²) in [4.78, 5) is 10.3. The van der Waals surface area contributed by atoms with Crippen molar-refractivity contribution in [1.82, 2.24) is 0 Å². The Morgan fingerprint density at radius 1 is 0.864 bits per heavy atom. The fourth-order valence-corrected chi connectivity index (χ4v) is 2.89. The van der Waals surface area contributed by atoms with Crippen LogP contribution in [0.3, 0.4) is 0 Å². The summed E-state index contributed by atoms with van der Waals surface area (Å²) in [5, 5.41) is 10.3. The number of aliphatic carboxylic acids is 1. The molecule has 0 unspecified atom stereocenters. The van der Waals surface area contributed by atoms with E-state index in [4.69, 9.17) is 0 Å². The van der Waals surface area contributed by atoms with E-state index >= 15 is 0 Å². The molecule has 0 spiro atoms. The van der Waals surface area contributed by atoms with Crippen molar-refractivity contribution in [1.29, 1.82) is 0 Å². The molecular formula is C18H32AgBrO2. The van der Waals surface area contributed by atoms with Gasteiger partial charge < -0.3 is 9.90 Å². The Morgan fingerprint density at radius 2 is 1.36 bits per heavy atom. The van der Waals surface area contributed by atoms with Crippen molar-refractivity contribution in [3.8, 4) is 0 Å². The van der Waals surface area contributed by atoms with Crippen LogP contribution in [0.25, 0.3) is 0 Å². The first-order valence-electron chi connectivity index (χ1n) is 8.71. The zero-order valence-electron chi connectivity index (χ0n) is 14.0. The largest absolute Gasteiger partial charge is 1.00 e. The van der Waals surface area contributed by atoms with Gasteiger partial charge in [0.25, 0.3) is 0 Å². The maximum Gasteiger partial charge on any atom is 1.00 e. The predicted molar refractivity (Wildman–Crippen MR) is 92.3 cm³/mol. The summed E-state index contributed by atoms with van der Waals surface area (Å²) in [5.41, 5.74) is 0. The zero-order valence-corrected chi connectivity index (χ0v) is 17.0. The number of hydrogen-bond donors (Lipinski definition) is 0. The van der Waals surface area contributed by atoms with Crippen LogP contribution in [0.4, 0.5) is 0 Å². The van der Waals surface area contributed by atoms with E-state index in [-0.39, 0.29) is 28.8 Å². The van der Waals surface area contributed by atoms with Gasteiger partial charge in [-0.1, -0.05) is 80.3 Å². The van der Waals surface area contributed by atoms with E-state index in [0.717, 1.165) is 25.7 Å². The van der Waals surface area contributed by atoms with Crippen LogP contribution in [-0.4, -0.2) is 5.97 Å². The van der Waals surface area contributed by atoms with Gasteiger partial charge in [-0.3, -0.25) is 0 Å². The maximum atomic E-state index is 10.3. The molecule has 0 bridgehead atoms. The minimum absolute atomic E-state index is 0. The topological polar surface area (TPSA) is 40.1 Å². The molecule has 0 rings (SSSR count). The molecule has 0 aromatic carbocycles. The molecule has 0 aromatic rings. The van der Waals surface area contributed by atoms with Crippen LogP contribution in [0.2, 0.25) is 0 Å². The molecule has 0 amide bonds. The van der Waals surface area contributed by atoms with Crippen molar-refractivity contribution >= 4 is 21.9 Å². The number of carbonyl (C=O) groups excluding carboxylic acids is 1. The zero-order chi connectivity index (χ0) is 15.8. The van der Waals surface area contributed by atoms with Gasteiger partial charge >= 0.3 is 22.4 Å². The minimum atomic E-state index is -0.921. The number of halogens is 1. The Labute approximate surface area is 161 Å². The average molecular weight is 468 g/mol. The second kappa shape index (κ2) is 19.5. The number of carboxylic acids is 1. The molecule has 0 aliphatic rings. The first-order chi connectivity index (χ1) is 10.2. The standard InChI is InChI=1S/C18H33BrO2.Ag/c1-2-3-4-5-6-8-11-14-17(19)15-12-9-7-10-13-16-18(20)21;/h14H,2-13,15-16H2,1H3,(H,20,21);/q;+1/p-1. The van der Waals surface area contributed by atoms with Crippen molar-refractivity contribution in [3.63, 3.8) is 0 Å². The molecule has 0 saturated carbocycles. The maximum absolute atomic E-state index is 10.3. The number of rotatable bonds is 15. The molecule has 0 radical (unpaired) electrons. The molecule has 0 heterocycles. The molecule has 0 aliphatic heterocycles. The van der Waals surface area contributed by atoms with Gasteiger partial charge in [0.2, 0.25) is 0 Å². The van der Waals surface area contributed by atoms with Crippen LogP contribution < -0.4 is 5.11 Å². The monoisotopic (exact) mass is 466 g/mol. The quantitative estimate of drug-likeness (QED) is 0.236. The second-order valence-electron chi connectivity index (χ2n) is 5.85. The molecule has 4 heteroatoms. The molecule has 2 nitrogen and oxygen atoms in total. The third kappa shape index (κ3) is 20.4. The Morgan fingerprint density at radius 3 is 1.95 bits per heavy atom. The van der Waals surface area contributed by atoms with Crippen molar-refractivity contribution in [2.75, 3.05) is 0 Å². The molecule has 22 heavy (non-hydrogen) atoms. The van der Waals surface area contributed by atoms with Gasteiger partial charge in [-0.15, -0.1) is 0 Å². The fraction of sp³-hybridized carbons (Fsp3) is 0.833. The Hall–Kier alpha value is 0.430. The number of hydrogen-bond acceptors (Lipinski definition) is 2. The van der Waals surface area contributed by atoms with Gasteiger partial charge in [0.05, 0.1) is 0 Å². The first kappa shape index (κ1) is 24.7. The van der Waals surface area contributed by atoms with Gasteiger partial charge in [0.15, 0.2) is 0 Å². The predicted octanol–water partition coefficient (Wildman–Crippen LogP) is 5.49. The minimum Gasteiger partial charge on any atom is -0.550 e. The molecule has 134 valence electrons. The van der Waals surface area contributed by atoms with Crippen LogP contribution in [-0.2, 0) is 27.2 Å². The summed E-state index contributed by atoms with van der Waals surface area (Å²) < 4.78 is 1.34. The van der Waals surface area contributed by atoms with E-state index in [9.17, 15) is 9.90 Å². The summed E-state index contributed by atoms with van der Waals surface area (Å²) in [6.07, 6.45) is 18.3. The Bertz CT molecular complexity index is 280. The van der Waals surface area contributed by atoms with Crippen LogP contribution in [0.5, 0.6) is 0 Å². The molecule has 0 aliphatic carbocycles. The van der Waals surface area contributed by atoms with E-state index in [1.165, 1.54) is 62.3 Å². The number of carbonyl (C=O) groups is 1. The van der Waals surface area contributed by atoms with E-state index in [2.05, 4.69) is 28.9 Å². The number of allylic oxidation sites excluding steroid dienone is 2.